The maximum atomic E-state index is 12.5. The number of urea groups is 1. The lowest BCUT2D eigenvalue weighted by Crippen LogP contribution is -2.30. The Morgan fingerprint density at radius 2 is 1.61 bits per heavy atom. The summed E-state index contributed by atoms with van der Waals surface area (Å²) in [6.07, 6.45) is -4.42. The van der Waals surface area contributed by atoms with Gasteiger partial charge in [0.2, 0.25) is 5.91 Å². The molecule has 1 heterocycles. The molecular weight excluding hydrogens is 377 g/mol. The van der Waals surface area contributed by atoms with Gasteiger partial charge in [-0.2, -0.15) is 13.2 Å². The molecule has 0 aromatic heterocycles. The second kappa shape index (κ2) is 7.71. The highest BCUT2D eigenvalue weighted by atomic mass is 19.4. The van der Waals surface area contributed by atoms with E-state index in [1.807, 2.05) is 0 Å². The number of hydrogen-bond donors (Lipinski definition) is 1. The molecular formula is C19H15F3N2O4. The molecule has 9 heteroatoms. The largest absolute Gasteiger partial charge is 0.457 e. The summed E-state index contributed by atoms with van der Waals surface area (Å²) in [6, 6.07) is 10.0. The summed E-state index contributed by atoms with van der Waals surface area (Å²) in [7, 11) is 0. The molecule has 0 saturated carbocycles. The van der Waals surface area contributed by atoms with Gasteiger partial charge in [0.05, 0.1) is 24.2 Å². The second-order valence-corrected chi connectivity index (χ2v) is 6.11. The van der Waals surface area contributed by atoms with Crippen LogP contribution in [0.3, 0.4) is 0 Å². The van der Waals surface area contributed by atoms with Crippen LogP contribution >= 0.6 is 0 Å². The molecule has 6 nitrogen and oxygen atoms in total. The van der Waals surface area contributed by atoms with Crippen LogP contribution < -0.4 is 5.32 Å². The van der Waals surface area contributed by atoms with Gasteiger partial charge in [0.15, 0.2) is 0 Å². The monoisotopic (exact) mass is 392 g/mol. The minimum absolute atomic E-state index is 0.0345. The van der Waals surface area contributed by atoms with E-state index in [-0.39, 0.29) is 31.2 Å². The summed E-state index contributed by atoms with van der Waals surface area (Å²) >= 11 is 0. The van der Waals surface area contributed by atoms with E-state index in [2.05, 4.69) is 5.32 Å². The summed E-state index contributed by atoms with van der Waals surface area (Å²) < 4.78 is 42.7. The van der Waals surface area contributed by atoms with Crippen LogP contribution in [-0.2, 0) is 28.9 Å². The molecule has 28 heavy (non-hydrogen) atoms. The zero-order valence-electron chi connectivity index (χ0n) is 14.5. The topological polar surface area (TPSA) is 75.7 Å². The van der Waals surface area contributed by atoms with Crippen molar-refractivity contribution in [1.82, 2.24) is 10.2 Å². The molecule has 2 aromatic carbocycles. The molecule has 1 aliphatic heterocycles. The predicted octanol–water partition coefficient (Wildman–Crippen LogP) is 3.11. The highest BCUT2D eigenvalue weighted by molar-refractivity contribution is 6.01. The third-order valence-electron chi connectivity index (χ3n) is 4.12. The summed E-state index contributed by atoms with van der Waals surface area (Å²) in [5, 5.41) is 2.41. The molecule has 0 bridgehead atoms. The predicted molar refractivity (Wildman–Crippen MR) is 91.0 cm³/mol. The fraction of sp³-hybridized carbons (Fsp3) is 0.211. The number of rotatable bonds is 5. The molecule has 0 atom stereocenters. The van der Waals surface area contributed by atoms with Crippen molar-refractivity contribution < 1.29 is 32.3 Å². The SMILES string of the molecule is O=C(OCc1ccc(C(F)(F)F)cc1)c1ccc(CN2C(=O)CNC2=O)cc1. The zero-order valence-corrected chi connectivity index (χ0v) is 14.5. The first-order chi connectivity index (χ1) is 13.2. The summed E-state index contributed by atoms with van der Waals surface area (Å²) in [6.45, 7) is -0.111. The number of alkyl halides is 3. The van der Waals surface area contributed by atoms with Gasteiger partial charge in [-0.1, -0.05) is 24.3 Å². The van der Waals surface area contributed by atoms with E-state index in [1.54, 1.807) is 12.1 Å². The number of benzene rings is 2. The number of ether oxygens (including phenoxy) is 1. The van der Waals surface area contributed by atoms with Crippen molar-refractivity contribution in [3.8, 4) is 0 Å². The summed E-state index contributed by atoms with van der Waals surface area (Å²) in [5.41, 5.74) is 0.553. The molecule has 1 fully saturated rings. The number of halogens is 3. The highest BCUT2D eigenvalue weighted by Crippen LogP contribution is 2.29. The number of nitrogens with one attached hydrogen (secondary N) is 1. The first kappa shape index (κ1) is 19.4. The van der Waals surface area contributed by atoms with E-state index in [1.165, 1.54) is 24.3 Å². The Morgan fingerprint density at radius 1 is 1.00 bits per heavy atom. The van der Waals surface area contributed by atoms with E-state index < -0.39 is 23.7 Å². The average molecular weight is 392 g/mol. The van der Waals surface area contributed by atoms with E-state index in [4.69, 9.17) is 4.74 Å². The summed E-state index contributed by atoms with van der Waals surface area (Å²) in [4.78, 5) is 36.2. The third kappa shape index (κ3) is 4.48. The normalized spacial score (nSPS) is 14.2. The minimum Gasteiger partial charge on any atom is -0.457 e. The molecule has 1 N–H and O–H groups in total. The molecule has 3 amide bonds. The van der Waals surface area contributed by atoms with Crippen molar-refractivity contribution in [1.29, 1.82) is 0 Å². The zero-order chi connectivity index (χ0) is 20.3. The Bertz CT molecular complexity index is 877. The fourth-order valence-electron chi connectivity index (χ4n) is 2.57. The molecule has 1 aliphatic rings. The van der Waals surface area contributed by atoms with E-state index in [0.29, 0.717) is 11.1 Å². The molecule has 0 aliphatic carbocycles. The lowest BCUT2D eigenvalue weighted by Gasteiger charge is -2.12. The van der Waals surface area contributed by atoms with Crippen molar-refractivity contribution in [2.24, 2.45) is 0 Å². The van der Waals surface area contributed by atoms with Gasteiger partial charge in [-0.15, -0.1) is 0 Å². The van der Waals surface area contributed by atoms with Crippen LogP contribution in [0.2, 0.25) is 0 Å². The first-order valence-electron chi connectivity index (χ1n) is 8.24. The number of esters is 1. The number of carbonyl (C=O) groups is 3. The summed E-state index contributed by atoms with van der Waals surface area (Å²) in [5.74, 6) is -0.966. The maximum absolute atomic E-state index is 12.5. The average Bonchev–Trinajstić information content (AvgIpc) is 2.98. The number of imide groups is 1. The number of hydrogen-bond acceptors (Lipinski definition) is 4. The Balaban J connectivity index is 1.56. The molecule has 2 aromatic rings. The number of carbonyl (C=O) groups excluding carboxylic acids is 3. The molecule has 3 rings (SSSR count). The van der Waals surface area contributed by atoms with Crippen LogP contribution in [0, 0.1) is 0 Å². The lowest BCUT2D eigenvalue weighted by molar-refractivity contribution is -0.137. The van der Waals surface area contributed by atoms with Crippen LogP contribution in [0.15, 0.2) is 48.5 Å². The number of amides is 3. The molecule has 0 spiro atoms. The molecule has 0 radical (unpaired) electrons. The molecule has 146 valence electrons. The fourth-order valence-corrected chi connectivity index (χ4v) is 2.57. The smallest absolute Gasteiger partial charge is 0.416 e. The van der Waals surface area contributed by atoms with Gasteiger partial charge in [0, 0.05) is 0 Å². The van der Waals surface area contributed by atoms with Crippen LogP contribution in [0.1, 0.15) is 27.0 Å². The van der Waals surface area contributed by atoms with Gasteiger partial charge in [-0.25, -0.2) is 9.59 Å². The second-order valence-electron chi connectivity index (χ2n) is 6.11. The highest BCUT2D eigenvalue weighted by Gasteiger charge is 2.30. The lowest BCUT2D eigenvalue weighted by atomic mass is 10.1. The van der Waals surface area contributed by atoms with E-state index >= 15 is 0 Å². The van der Waals surface area contributed by atoms with Crippen molar-refractivity contribution in [2.75, 3.05) is 6.54 Å². The van der Waals surface area contributed by atoms with Crippen molar-refractivity contribution >= 4 is 17.9 Å². The van der Waals surface area contributed by atoms with Gasteiger partial charge >= 0.3 is 18.2 Å². The van der Waals surface area contributed by atoms with Gasteiger partial charge < -0.3 is 10.1 Å². The Labute approximate surface area is 157 Å². The van der Waals surface area contributed by atoms with Gasteiger partial charge in [0.1, 0.15) is 6.61 Å². The van der Waals surface area contributed by atoms with Crippen LogP contribution in [0.5, 0.6) is 0 Å². The van der Waals surface area contributed by atoms with E-state index in [0.717, 1.165) is 17.0 Å². The maximum Gasteiger partial charge on any atom is 0.416 e. The van der Waals surface area contributed by atoms with Crippen LogP contribution in [0.4, 0.5) is 18.0 Å². The van der Waals surface area contributed by atoms with Gasteiger partial charge in [0.25, 0.3) is 0 Å². The Morgan fingerprint density at radius 3 is 2.14 bits per heavy atom. The van der Waals surface area contributed by atoms with Crippen molar-refractivity contribution in [3.05, 3.63) is 70.8 Å². The van der Waals surface area contributed by atoms with Crippen LogP contribution in [0.25, 0.3) is 0 Å². The molecule has 1 saturated heterocycles. The van der Waals surface area contributed by atoms with Gasteiger partial charge in [-0.3, -0.25) is 9.69 Å². The third-order valence-corrected chi connectivity index (χ3v) is 4.12. The quantitative estimate of drug-likeness (QED) is 0.627. The Hall–Kier alpha value is -3.36. The standard InChI is InChI=1S/C19H15F3N2O4/c20-19(21,22)15-7-3-13(4-8-15)11-28-17(26)14-5-1-12(2-6-14)10-24-16(25)9-23-18(24)27/h1-8H,9-11H2,(H,23,27). The van der Waals surface area contributed by atoms with Crippen molar-refractivity contribution in [2.45, 2.75) is 19.3 Å². The first-order valence-corrected chi connectivity index (χ1v) is 8.24. The van der Waals surface area contributed by atoms with E-state index in [9.17, 15) is 27.6 Å². The van der Waals surface area contributed by atoms with Gasteiger partial charge in [-0.05, 0) is 35.4 Å². The Kier molecular flexibility index (Phi) is 5.34. The molecule has 0 unspecified atom stereocenters. The van der Waals surface area contributed by atoms with Crippen molar-refractivity contribution in [3.63, 3.8) is 0 Å². The minimum atomic E-state index is -4.42. The number of nitrogens with zero attached hydrogens (tertiary/aromatic N) is 1. The van der Waals surface area contributed by atoms with Crippen LogP contribution in [-0.4, -0.2) is 29.4 Å².